The lowest BCUT2D eigenvalue weighted by atomic mass is 10.2. The fraction of sp³-hybridized carbons (Fsp3) is 0.467. The Hall–Kier alpha value is -1.24. The molecule has 1 fully saturated rings. The second kappa shape index (κ2) is 6.79. The Bertz CT molecular complexity index is 493. The zero-order valence-corrected chi connectivity index (χ0v) is 11.5. The first-order valence-corrected chi connectivity index (χ1v) is 6.85. The van der Waals surface area contributed by atoms with Gasteiger partial charge in [0.15, 0.2) is 0 Å². The molecular formula is C15H16ClFO2. The van der Waals surface area contributed by atoms with Crippen molar-refractivity contribution in [2.24, 2.45) is 0 Å². The topological polar surface area (TPSA) is 18.5 Å². The van der Waals surface area contributed by atoms with Crippen LogP contribution in [0.3, 0.4) is 0 Å². The maximum Gasteiger partial charge on any atom is 0.137 e. The molecule has 0 radical (unpaired) electrons. The molecule has 1 aromatic carbocycles. The SMILES string of the molecule is CC1CCC(COc2cc(F)ccc2C#CCCl)O1. The van der Waals surface area contributed by atoms with Crippen molar-refractivity contribution in [2.45, 2.75) is 32.0 Å². The van der Waals surface area contributed by atoms with Crippen molar-refractivity contribution >= 4 is 11.6 Å². The summed E-state index contributed by atoms with van der Waals surface area (Å²) in [7, 11) is 0. The second-order valence-corrected chi connectivity index (χ2v) is 4.80. The van der Waals surface area contributed by atoms with Crippen molar-refractivity contribution in [2.75, 3.05) is 12.5 Å². The molecule has 0 amide bonds. The first-order chi connectivity index (χ1) is 9.19. The number of alkyl halides is 1. The van der Waals surface area contributed by atoms with Gasteiger partial charge < -0.3 is 9.47 Å². The van der Waals surface area contributed by atoms with E-state index in [1.165, 1.54) is 12.1 Å². The molecule has 1 aliphatic heterocycles. The Morgan fingerprint density at radius 1 is 1.47 bits per heavy atom. The Kier molecular flexibility index (Phi) is 5.07. The summed E-state index contributed by atoms with van der Waals surface area (Å²) in [5, 5.41) is 0. The van der Waals surface area contributed by atoms with Gasteiger partial charge in [-0.05, 0) is 31.9 Å². The summed E-state index contributed by atoms with van der Waals surface area (Å²) in [4.78, 5) is 0. The Morgan fingerprint density at radius 2 is 2.32 bits per heavy atom. The molecule has 2 unspecified atom stereocenters. The van der Waals surface area contributed by atoms with Crippen molar-refractivity contribution < 1.29 is 13.9 Å². The van der Waals surface area contributed by atoms with E-state index in [1.54, 1.807) is 6.07 Å². The summed E-state index contributed by atoms with van der Waals surface area (Å²) in [6.45, 7) is 2.46. The highest BCUT2D eigenvalue weighted by Crippen LogP contribution is 2.23. The fourth-order valence-corrected chi connectivity index (χ4v) is 2.10. The second-order valence-electron chi connectivity index (χ2n) is 4.53. The Balaban J connectivity index is 2.03. The highest BCUT2D eigenvalue weighted by Gasteiger charge is 2.22. The van der Waals surface area contributed by atoms with Crippen LogP contribution in [0, 0.1) is 17.7 Å². The molecular weight excluding hydrogens is 267 g/mol. The van der Waals surface area contributed by atoms with Crippen LogP contribution in [0.25, 0.3) is 0 Å². The highest BCUT2D eigenvalue weighted by atomic mass is 35.5. The van der Waals surface area contributed by atoms with Gasteiger partial charge in [0.25, 0.3) is 0 Å². The summed E-state index contributed by atoms with van der Waals surface area (Å²) in [6, 6.07) is 4.30. The average molecular weight is 283 g/mol. The van der Waals surface area contributed by atoms with E-state index in [9.17, 15) is 4.39 Å². The third kappa shape index (κ3) is 4.12. The minimum atomic E-state index is -0.341. The maximum atomic E-state index is 13.2. The van der Waals surface area contributed by atoms with Gasteiger partial charge in [-0.2, -0.15) is 0 Å². The van der Waals surface area contributed by atoms with Crippen molar-refractivity contribution in [1.29, 1.82) is 0 Å². The number of benzene rings is 1. The van der Waals surface area contributed by atoms with E-state index in [0.29, 0.717) is 17.9 Å². The van der Waals surface area contributed by atoms with Crippen molar-refractivity contribution in [3.05, 3.63) is 29.6 Å². The van der Waals surface area contributed by atoms with Gasteiger partial charge in [0.05, 0.1) is 23.7 Å². The minimum absolute atomic E-state index is 0.0760. The number of hydrogen-bond donors (Lipinski definition) is 0. The lowest BCUT2D eigenvalue weighted by Gasteiger charge is -2.13. The van der Waals surface area contributed by atoms with E-state index in [-0.39, 0.29) is 23.9 Å². The van der Waals surface area contributed by atoms with Crippen LogP contribution in [0.1, 0.15) is 25.3 Å². The standard InChI is InChI=1S/C15H16ClFO2/c1-11-4-7-14(19-11)10-18-15-9-13(17)6-5-12(15)3-2-8-16/h5-6,9,11,14H,4,7-8,10H2,1H3. The van der Waals surface area contributed by atoms with Gasteiger partial charge in [0.1, 0.15) is 18.2 Å². The van der Waals surface area contributed by atoms with E-state index in [4.69, 9.17) is 21.1 Å². The molecule has 0 aromatic heterocycles. The van der Waals surface area contributed by atoms with Crippen molar-refractivity contribution in [3.63, 3.8) is 0 Å². The average Bonchev–Trinajstić information content (AvgIpc) is 2.81. The largest absolute Gasteiger partial charge is 0.489 e. The van der Waals surface area contributed by atoms with Crippen LogP contribution in [-0.4, -0.2) is 24.7 Å². The molecule has 0 N–H and O–H groups in total. The minimum Gasteiger partial charge on any atom is -0.489 e. The molecule has 1 aromatic rings. The molecule has 19 heavy (non-hydrogen) atoms. The van der Waals surface area contributed by atoms with Crippen LogP contribution in [0.15, 0.2) is 18.2 Å². The maximum absolute atomic E-state index is 13.2. The van der Waals surface area contributed by atoms with Gasteiger partial charge in [-0.25, -0.2) is 4.39 Å². The third-order valence-corrected chi connectivity index (χ3v) is 3.11. The Morgan fingerprint density at radius 3 is 3.00 bits per heavy atom. The van der Waals surface area contributed by atoms with Crippen molar-refractivity contribution in [1.82, 2.24) is 0 Å². The number of halogens is 2. The van der Waals surface area contributed by atoms with Gasteiger partial charge in [-0.3, -0.25) is 0 Å². The number of hydrogen-bond acceptors (Lipinski definition) is 2. The van der Waals surface area contributed by atoms with Crippen LogP contribution in [-0.2, 0) is 4.74 Å². The zero-order chi connectivity index (χ0) is 13.7. The Labute approximate surface area is 117 Å². The molecule has 0 aliphatic carbocycles. The molecule has 2 nitrogen and oxygen atoms in total. The summed E-state index contributed by atoms with van der Waals surface area (Å²) in [6.07, 6.45) is 2.36. The molecule has 1 aliphatic rings. The monoisotopic (exact) mass is 282 g/mol. The summed E-state index contributed by atoms with van der Waals surface area (Å²) in [5.41, 5.74) is 0.646. The first-order valence-electron chi connectivity index (χ1n) is 6.31. The predicted molar refractivity (Wildman–Crippen MR) is 73.1 cm³/mol. The van der Waals surface area contributed by atoms with Crippen LogP contribution >= 0.6 is 11.6 Å². The number of rotatable bonds is 3. The normalized spacial score (nSPS) is 21.8. The molecule has 4 heteroatoms. The smallest absolute Gasteiger partial charge is 0.137 e. The van der Waals surface area contributed by atoms with Crippen molar-refractivity contribution in [3.8, 4) is 17.6 Å². The third-order valence-electron chi connectivity index (χ3n) is 2.98. The molecule has 0 bridgehead atoms. The molecule has 1 saturated heterocycles. The van der Waals surface area contributed by atoms with Gasteiger partial charge in [-0.15, -0.1) is 11.6 Å². The van der Waals surface area contributed by atoms with E-state index in [1.807, 2.05) is 6.92 Å². The van der Waals surface area contributed by atoms with Crippen LogP contribution < -0.4 is 4.74 Å². The lowest BCUT2D eigenvalue weighted by molar-refractivity contribution is 0.0263. The van der Waals surface area contributed by atoms with Gasteiger partial charge in [-0.1, -0.05) is 11.8 Å². The van der Waals surface area contributed by atoms with Gasteiger partial charge >= 0.3 is 0 Å². The molecule has 102 valence electrons. The lowest BCUT2D eigenvalue weighted by Crippen LogP contribution is -2.18. The molecule has 1 heterocycles. The predicted octanol–water partition coefficient (Wildman–Crippen LogP) is 3.36. The highest BCUT2D eigenvalue weighted by molar-refractivity contribution is 6.19. The summed E-state index contributed by atoms with van der Waals surface area (Å²) < 4.78 is 24.5. The summed E-state index contributed by atoms with van der Waals surface area (Å²) >= 11 is 5.52. The van der Waals surface area contributed by atoms with Crippen LogP contribution in [0.4, 0.5) is 4.39 Å². The summed E-state index contributed by atoms with van der Waals surface area (Å²) in [5.74, 6) is 5.94. The molecule has 2 rings (SSSR count). The van der Waals surface area contributed by atoms with Crippen LogP contribution in [0.2, 0.25) is 0 Å². The quantitative estimate of drug-likeness (QED) is 0.625. The van der Waals surface area contributed by atoms with E-state index in [2.05, 4.69) is 11.8 Å². The van der Waals surface area contributed by atoms with E-state index < -0.39 is 0 Å². The first kappa shape index (κ1) is 14.2. The molecule has 2 atom stereocenters. The fourth-order valence-electron chi connectivity index (χ4n) is 2.04. The van der Waals surface area contributed by atoms with Gasteiger partial charge in [0.2, 0.25) is 0 Å². The van der Waals surface area contributed by atoms with Gasteiger partial charge in [0, 0.05) is 6.07 Å². The van der Waals surface area contributed by atoms with Crippen LogP contribution in [0.5, 0.6) is 5.75 Å². The number of ether oxygens (including phenoxy) is 2. The van der Waals surface area contributed by atoms with E-state index in [0.717, 1.165) is 12.8 Å². The molecule has 0 spiro atoms. The van der Waals surface area contributed by atoms with E-state index >= 15 is 0 Å². The zero-order valence-electron chi connectivity index (χ0n) is 10.8. The molecule has 0 saturated carbocycles.